The van der Waals surface area contributed by atoms with E-state index in [-0.39, 0.29) is 12.5 Å². The van der Waals surface area contributed by atoms with Crippen LogP contribution in [-0.2, 0) is 24.3 Å². The number of nitrogens with one attached hydrogen (secondary N) is 2. The number of anilines is 1. The number of fused-ring (bicyclic) bond motifs is 1. The minimum Gasteiger partial charge on any atom is -0.484 e. The Labute approximate surface area is 170 Å². The van der Waals surface area contributed by atoms with Crippen molar-refractivity contribution >= 4 is 11.7 Å². The second-order valence-corrected chi connectivity index (χ2v) is 7.56. The van der Waals surface area contributed by atoms with E-state index in [4.69, 9.17) is 4.74 Å². The van der Waals surface area contributed by atoms with Gasteiger partial charge in [0.25, 0.3) is 5.91 Å². The zero-order valence-corrected chi connectivity index (χ0v) is 16.9. The number of aryl methyl sites for hydroxylation is 2. The lowest BCUT2D eigenvalue weighted by Gasteiger charge is -2.26. The summed E-state index contributed by atoms with van der Waals surface area (Å²) in [5.41, 5.74) is 5.80. The molecule has 0 bridgehead atoms. The summed E-state index contributed by atoms with van der Waals surface area (Å²) < 4.78 is 5.62. The lowest BCUT2D eigenvalue weighted by atomic mass is 10.1. The van der Waals surface area contributed by atoms with Crippen molar-refractivity contribution in [1.29, 1.82) is 0 Å². The molecule has 1 aliphatic heterocycles. The van der Waals surface area contributed by atoms with Gasteiger partial charge in [-0.15, -0.1) is 0 Å². The first-order valence-electron chi connectivity index (χ1n) is 9.91. The number of carbonyl (C=O) groups is 1. The number of carbonyl (C=O) groups excluding carboxylic acids is 1. The first kappa shape index (κ1) is 19.2. The van der Waals surface area contributed by atoms with Gasteiger partial charge in [-0.3, -0.25) is 14.8 Å². The van der Waals surface area contributed by atoms with E-state index in [1.54, 1.807) is 0 Å². The number of aromatic amines is 1. The molecule has 0 saturated heterocycles. The fourth-order valence-electron chi connectivity index (χ4n) is 3.57. The van der Waals surface area contributed by atoms with Gasteiger partial charge in [-0.1, -0.05) is 36.4 Å². The predicted molar refractivity (Wildman–Crippen MR) is 113 cm³/mol. The molecule has 0 saturated carbocycles. The molecule has 1 aromatic heterocycles. The number of rotatable bonds is 6. The van der Waals surface area contributed by atoms with Crippen molar-refractivity contribution in [2.24, 2.45) is 0 Å². The monoisotopic (exact) mass is 390 g/mol. The third-order valence-electron chi connectivity index (χ3n) is 5.37. The van der Waals surface area contributed by atoms with Crippen LogP contribution in [0.5, 0.6) is 5.75 Å². The summed E-state index contributed by atoms with van der Waals surface area (Å²) in [5, 5.41) is 10.3. The van der Waals surface area contributed by atoms with E-state index in [9.17, 15) is 4.79 Å². The van der Waals surface area contributed by atoms with Crippen molar-refractivity contribution in [1.82, 2.24) is 15.1 Å². The first-order chi connectivity index (χ1) is 14.1. The minimum atomic E-state index is -0.204. The number of amides is 1. The molecule has 1 aliphatic rings. The Hall–Kier alpha value is -3.12. The number of benzene rings is 2. The average molecular weight is 390 g/mol. The molecule has 1 amide bonds. The van der Waals surface area contributed by atoms with Crippen molar-refractivity contribution in [3.63, 3.8) is 0 Å². The second kappa shape index (κ2) is 8.49. The highest BCUT2D eigenvalue weighted by molar-refractivity contribution is 5.91. The molecule has 29 heavy (non-hydrogen) atoms. The van der Waals surface area contributed by atoms with E-state index in [1.165, 1.54) is 11.1 Å². The molecule has 0 fully saturated rings. The van der Waals surface area contributed by atoms with Gasteiger partial charge in [0.1, 0.15) is 5.75 Å². The van der Waals surface area contributed by atoms with Crippen molar-refractivity contribution < 1.29 is 9.53 Å². The molecule has 2 heterocycles. The molecular formula is C23H26N4O2. The van der Waals surface area contributed by atoms with E-state index < -0.39 is 0 Å². The Morgan fingerprint density at radius 1 is 1.17 bits per heavy atom. The lowest BCUT2D eigenvalue weighted by molar-refractivity contribution is -0.118. The minimum absolute atomic E-state index is 0.0374. The Balaban J connectivity index is 1.33. The maximum Gasteiger partial charge on any atom is 0.263 e. The van der Waals surface area contributed by atoms with Crippen LogP contribution < -0.4 is 10.1 Å². The van der Waals surface area contributed by atoms with Crippen molar-refractivity contribution in [2.45, 2.75) is 33.4 Å². The SMILES string of the molecule is Cc1ccc(OCC(=O)Nc2n[nH]c3c2CCN(Cc2ccccc2)C3)cc1C. The Morgan fingerprint density at radius 3 is 2.79 bits per heavy atom. The number of hydrogen-bond donors (Lipinski definition) is 2. The zero-order valence-electron chi connectivity index (χ0n) is 16.9. The second-order valence-electron chi connectivity index (χ2n) is 7.56. The largest absolute Gasteiger partial charge is 0.484 e. The summed E-state index contributed by atoms with van der Waals surface area (Å²) in [6, 6.07) is 16.3. The molecule has 2 N–H and O–H groups in total. The summed E-state index contributed by atoms with van der Waals surface area (Å²) in [5.74, 6) is 1.11. The summed E-state index contributed by atoms with van der Waals surface area (Å²) in [6.07, 6.45) is 0.853. The maximum atomic E-state index is 12.3. The lowest BCUT2D eigenvalue weighted by Crippen LogP contribution is -2.30. The molecule has 0 radical (unpaired) electrons. The Bertz CT molecular complexity index is 997. The molecule has 3 aromatic rings. The standard InChI is InChI=1S/C23H26N4O2/c1-16-8-9-19(12-17(16)2)29-15-22(28)24-23-20-10-11-27(14-21(20)25-26-23)13-18-6-4-3-5-7-18/h3-9,12H,10-11,13-15H2,1-2H3,(H2,24,25,26,28). The molecule has 2 aromatic carbocycles. The summed E-state index contributed by atoms with van der Waals surface area (Å²) in [7, 11) is 0. The van der Waals surface area contributed by atoms with Gasteiger partial charge in [-0.05, 0) is 49.1 Å². The van der Waals surface area contributed by atoms with Gasteiger partial charge in [0.15, 0.2) is 12.4 Å². The Kier molecular flexibility index (Phi) is 5.62. The van der Waals surface area contributed by atoms with Gasteiger partial charge in [-0.25, -0.2) is 0 Å². The zero-order chi connectivity index (χ0) is 20.2. The van der Waals surface area contributed by atoms with Crippen molar-refractivity contribution in [3.8, 4) is 5.75 Å². The van der Waals surface area contributed by atoms with E-state index in [0.29, 0.717) is 11.6 Å². The van der Waals surface area contributed by atoms with Crippen LogP contribution in [0.25, 0.3) is 0 Å². The summed E-state index contributed by atoms with van der Waals surface area (Å²) in [6.45, 7) is 6.68. The van der Waals surface area contributed by atoms with E-state index in [1.807, 2.05) is 38.1 Å². The molecule has 0 atom stereocenters. The smallest absolute Gasteiger partial charge is 0.263 e. The van der Waals surface area contributed by atoms with Crippen LogP contribution in [0.2, 0.25) is 0 Å². The number of H-pyrrole nitrogens is 1. The normalized spacial score (nSPS) is 13.7. The van der Waals surface area contributed by atoms with Gasteiger partial charge in [0, 0.05) is 25.2 Å². The van der Waals surface area contributed by atoms with Gasteiger partial charge in [-0.2, -0.15) is 5.10 Å². The van der Waals surface area contributed by atoms with Crippen LogP contribution in [0.4, 0.5) is 5.82 Å². The van der Waals surface area contributed by atoms with Gasteiger partial charge < -0.3 is 10.1 Å². The number of ether oxygens (including phenoxy) is 1. The number of hydrogen-bond acceptors (Lipinski definition) is 4. The molecule has 6 nitrogen and oxygen atoms in total. The average Bonchev–Trinajstić information content (AvgIpc) is 3.11. The van der Waals surface area contributed by atoms with Crippen molar-refractivity contribution in [2.75, 3.05) is 18.5 Å². The predicted octanol–water partition coefficient (Wildman–Crippen LogP) is 3.60. The van der Waals surface area contributed by atoms with E-state index in [2.05, 4.69) is 44.7 Å². The van der Waals surface area contributed by atoms with Gasteiger partial charge >= 0.3 is 0 Å². The van der Waals surface area contributed by atoms with Crippen LogP contribution in [0.3, 0.4) is 0 Å². The molecule has 4 rings (SSSR count). The summed E-state index contributed by atoms with van der Waals surface area (Å²) >= 11 is 0. The Morgan fingerprint density at radius 2 is 2.00 bits per heavy atom. The molecular weight excluding hydrogens is 364 g/mol. The number of nitrogens with zero attached hydrogens (tertiary/aromatic N) is 2. The van der Waals surface area contributed by atoms with Crippen LogP contribution in [-0.4, -0.2) is 34.2 Å². The highest BCUT2D eigenvalue weighted by Crippen LogP contribution is 2.25. The van der Waals surface area contributed by atoms with Crippen LogP contribution in [0.15, 0.2) is 48.5 Å². The number of aromatic nitrogens is 2. The fourth-order valence-corrected chi connectivity index (χ4v) is 3.57. The molecule has 0 aliphatic carbocycles. The molecule has 0 spiro atoms. The van der Waals surface area contributed by atoms with Gasteiger partial charge in [0.2, 0.25) is 0 Å². The summed E-state index contributed by atoms with van der Waals surface area (Å²) in [4.78, 5) is 14.7. The third-order valence-corrected chi connectivity index (χ3v) is 5.37. The molecule has 0 unspecified atom stereocenters. The van der Waals surface area contributed by atoms with Crippen molar-refractivity contribution in [3.05, 3.63) is 76.5 Å². The van der Waals surface area contributed by atoms with Crippen LogP contribution >= 0.6 is 0 Å². The van der Waals surface area contributed by atoms with Gasteiger partial charge in [0.05, 0.1) is 5.69 Å². The highest BCUT2D eigenvalue weighted by Gasteiger charge is 2.23. The van der Waals surface area contributed by atoms with Crippen LogP contribution in [0, 0.1) is 13.8 Å². The van der Waals surface area contributed by atoms with E-state index >= 15 is 0 Å². The third kappa shape index (κ3) is 4.66. The quantitative estimate of drug-likeness (QED) is 0.675. The fraction of sp³-hybridized carbons (Fsp3) is 0.304. The van der Waals surface area contributed by atoms with E-state index in [0.717, 1.165) is 42.9 Å². The maximum absolute atomic E-state index is 12.3. The van der Waals surface area contributed by atoms with Crippen LogP contribution in [0.1, 0.15) is 27.9 Å². The molecule has 150 valence electrons. The first-order valence-corrected chi connectivity index (χ1v) is 9.91. The highest BCUT2D eigenvalue weighted by atomic mass is 16.5. The molecule has 6 heteroatoms. The topological polar surface area (TPSA) is 70.2 Å².